The Morgan fingerprint density at radius 3 is 3.20 bits per heavy atom. The highest BCUT2D eigenvalue weighted by molar-refractivity contribution is 8.00. The van der Waals surface area contributed by atoms with Crippen LogP contribution in [0.4, 0.5) is 0 Å². The van der Waals surface area contributed by atoms with E-state index in [0.717, 1.165) is 25.3 Å². The van der Waals surface area contributed by atoms with Crippen LogP contribution in [0.15, 0.2) is 0 Å². The second-order valence-corrected chi connectivity index (χ2v) is 4.96. The maximum absolute atomic E-state index is 11.7. The fourth-order valence-electron chi connectivity index (χ4n) is 1.55. The van der Waals surface area contributed by atoms with Crippen molar-refractivity contribution < 1.29 is 4.79 Å². The smallest absolute Gasteiger partial charge is 0.236 e. The first-order chi connectivity index (χ1) is 7.27. The first-order valence-corrected chi connectivity index (χ1v) is 6.36. The molecule has 0 saturated carbocycles. The molecule has 1 aliphatic heterocycles. The Balaban J connectivity index is 2.29. The molecule has 1 heterocycles. The summed E-state index contributed by atoms with van der Waals surface area (Å²) in [6, 6.07) is 0. The van der Waals surface area contributed by atoms with E-state index in [1.807, 2.05) is 16.7 Å². The van der Waals surface area contributed by atoms with Gasteiger partial charge in [0.25, 0.3) is 0 Å². The van der Waals surface area contributed by atoms with Gasteiger partial charge in [-0.15, -0.1) is 6.42 Å². The minimum atomic E-state index is 0.170. The van der Waals surface area contributed by atoms with E-state index in [9.17, 15) is 4.79 Å². The molecular formula is C11H18N2OS. The van der Waals surface area contributed by atoms with Gasteiger partial charge in [0.15, 0.2) is 0 Å². The first kappa shape index (κ1) is 12.4. The second-order valence-electron chi connectivity index (χ2n) is 3.55. The molecular weight excluding hydrogens is 208 g/mol. The second kappa shape index (κ2) is 6.76. The molecule has 0 aromatic heterocycles. The molecule has 1 aliphatic rings. The maximum atomic E-state index is 11.7. The lowest BCUT2D eigenvalue weighted by atomic mass is 10.3. The van der Waals surface area contributed by atoms with Crippen molar-refractivity contribution in [3.63, 3.8) is 0 Å². The molecule has 4 heteroatoms. The van der Waals surface area contributed by atoms with Gasteiger partial charge in [0.05, 0.1) is 13.1 Å². The Morgan fingerprint density at radius 1 is 1.73 bits per heavy atom. The van der Waals surface area contributed by atoms with Gasteiger partial charge in [0, 0.05) is 24.1 Å². The molecule has 15 heavy (non-hydrogen) atoms. The average molecular weight is 226 g/mol. The molecule has 1 N–H and O–H groups in total. The van der Waals surface area contributed by atoms with Crippen LogP contribution in [0, 0.1) is 12.3 Å². The van der Waals surface area contributed by atoms with Crippen LogP contribution in [-0.4, -0.2) is 48.0 Å². The summed E-state index contributed by atoms with van der Waals surface area (Å²) in [5.74, 6) is 3.69. The van der Waals surface area contributed by atoms with Crippen LogP contribution in [0.2, 0.25) is 0 Å². The highest BCUT2D eigenvalue weighted by Crippen LogP contribution is 2.20. The number of carbonyl (C=O) groups is 1. The van der Waals surface area contributed by atoms with E-state index < -0.39 is 0 Å². The summed E-state index contributed by atoms with van der Waals surface area (Å²) in [5, 5.41) is 3.54. The Morgan fingerprint density at radius 2 is 2.53 bits per heavy atom. The summed E-state index contributed by atoms with van der Waals surface area (Å²) < 4.78 is 0. The highest BCUT2D eigenvalue weighted by Gasteiger charge is 2.22. The normalized spacial score (nSPS) is 21.1. The largest absolute Gasteiger partial charge is 0.340 e. The first-order valence-electron chi connectivity index (χ1n) is 5.31. The molecule has 1 saturated heterocycles. The van der Waals surface area contributed by atoms with Gasteiger partial charge < -0.3 is 4.90 Å². The van der Waals surface area contributed by atoms with E-state index in [2.05, 4.69) is 18.2 Å². The molecule has 0 aromatic rings. The van der Waals surface area contributed by atoms with Crippen LogP contribution < -0.4 is 5.32 Å². The molecule has 1 unspecified atom stereocenters. The summed E-state index contributed by atoms with van der Waals surface area (Å²) in [6.45, 7) is 4.76. The molecule has 1 rings (SSSR count). The van der Waals surface area contributed by atoms with Gasteiger partial charge in [0.1, 0.15) is 0 Å². The average Bonchev–Trinajstić information content (AvgIpc) is 2.29. The lowest BCUT2D eigenvalue weighted by Crippen LogP contribution is -2.45. The number of rotatable bonds is 4. The van der Waals surface area contributed by atoms with Crippen molar-refractivity contribution in [2.24, 2.45) is 0 Å². The zero-order valence-corrected chi connectivity index (χ0v) is 9.98. The van der Waals surface area contributed by atoms with E-state index >= 15 is 0 Å². The van der Waals surface area contributed by atoms with Crippen LogP contribution in [0.3, 0.4) is 0 Å². The number of thioether (sulfide) groups is 1. The number of hydrogen-bond acceptors (Lipinski definition) is 3. The fourth-order valence-corrected chi connectivity index (χ4v) is 2.73. The third-order valence-corrected chi connectivity index (χ3v) is 3.82. The Bertz CT molecular complexity index is 249. The Labute approximate surface area is 96.0 Å². The molecule has 1 amide bonds. The molecule has 0 spiro atoms. The van der Waals surface area contributed by atoms with Crippen LogP contribution in [-0.2, 0) is 4.79 Å². The molecule has 0 radical (unpaired) electrons. The number of nitrogens with zero attached hydrogens (tertiary/aromatic N) is 1. The van der Waals surface area contributed by atoms with E-state index in [0.29, 0.717) is 18.3 Å². The van der Waals surface area contributed by atoms with Crippen LogP contribution in [0.1, 0.15) is 13.3 Å². The van der Waals surface area contributed by atoms with Crippen LogP contribution in [0.25, 0.3) is 0 Å². The van der Waals surface area contributed by atoms with Gasteiger partial charge in [-0.3, -0.25) is 10.1 Å². The Kier molecular flexibility index (Phi) is 5.59. The van der Waals surface area contributed by atoms with E-state index in [-0.39, 0.29) is 5.91 Å². The van der Waals surface area contributed by atoms with Crippen molar-refractivity contribution in [3.05, 3.63) is 0 Å². The zero-order chi connectivity index (χ0) is 11.1. The number of nitrogens with one attached hydrogen (secondary N) is 1. The van der Waals surface area contributed by atoms with Gasteiger partial charge in [-0.2, -0.15) is 11.8 Å². The zero-order valence-electron chi connectivity index (χ0n) is 9.16. The van der Waals surface area contributed by atoms with Gasteiger partial charge in [0.2, 0.25) is 5.91 Å². The SMILES string of the molecule is C#CCNCC(=O)N1CCSC(CC)C1. The van der Waals surface area contributed by atoms with E-state index in [1.54, 1.807) is 0 Å². The third-order valence-electron chi connectivity index (χ3n) is 2.45. The number of carbonyl (C=O) groups excluding carboxylic acids is 1. The molecule has 0 aliphatic carbocycles. The van der Waals surface area contributed by atoms with Crippen molar-refractivity contribution in [2.45, 2.75) is 18.6 Å². The summed E-state index contributed by atoms with van der Waals surface area (Å²) >= 11 is 1.97. The summed E-state index contributed by atoms with van der Waals surface area (Å²) in [5.41, 5.74) is 0. The predicted molar refractivity (Wildman–Crippen MR) is 64.8 cm³/mol. The van der Waals surface area contributed by atoms with Gasteiger partial charge in [-0.25, -0.2) is 0 Å². The summed E-state index contributed by atoms with van der Waals surface area (Å²) in [4.78, 5) is 13.7. The molecule has 0 bridgehead atoms. The van der Waals surface area contributed by atoms with Crippen molar-refractivity contribution in [1.82, 2.24) is 10.2 Å². The highest BCUT2D eigenvalue weighted by atomic mass is 32.2. The molecule has 0 aromatic carbocycles. The van der Waals surface area contributed by atoms with Crippen LogP contribution >= 0.6 is 11.8 Å². The lowest BCUT2D eigenvalue weighted by Gasteiger charge is -2.32. The van der Waals surface area contributed by atoms with E-state index in [1.165, 1.54) is 0 Å². The molecule has 1 atom stereocenters. The predicted octanol–water partition coefficient (Wildman–Crippen LogP) is 0.563. The lowest BCUT2D eigenvalue weighted by molar-refractivity contribution is -0.130. The minimum Gasteiger partial charge on any atom is -0.340 e. The summed E-state index contributed by atoms with van der Waals surface area (Å²) in [7, 11) is 0. The number of terminal acetylenes is 1. The molecule has 3 nitrogen and oxygen atoms in total. The van der Waals surface area contributed by atoms with Crippen molar-refractivity contribution in [2.75, 3.05) is 31.9 Å². The minimum absolute atomic E-state index is 0.170. The van der Waals surface area contributed by atoms with Gasteiger partial charge in [-0.05, 0) is 6.42 Å². The van der Waals surface area contributed by atoms with Crippen molar-refractivity contribution >= 4 is 17.7 Å². The van der Waals surface area contributed by atoms with Gasteiger partial charge in [-0.1, -0.05) is 12.8 Å². The van der Waals surface area contributed by atoms with Crippen molar-refractivity contribution in [1.29, 1.82) is 0 Å². The topological polar surface area (TPSA) is 32.3 Å². The molecule has 1 fully saturated rings. The standard InChI is InChI=1S/C11H18N2OS/c1-3-5-12-8-11(14)13-6-7-15-10(4-2)9-13/h1,10,12H,4-9H2,2H3. The maximum Gasteiger partial charge on any atom is 0.236 e. The Hall–Kier alpha value is -0.660. The number of hydrogen-bond donors (Lipinski definition) is 1. The number of amides is 1. The molecule has 84 valence electrons. The third kappa shape index (κ3) is 4.15. The fraction of sp³-hybridized carbons (Fsp3) is 0.727. The monoisotopic (exact) mass is 226 g/mol. The summed E-state index contributed by atoms with van der Waals surface area (Å²) in [6.07, 6.45) is 6.23. The van der Waals surface area contributed by atoms with Crippen molar-refractivity contribution in [3.8, 4) is 12.3 Å². The van der Waals surface area contributed by atoms with Crippen LogP contribution in [0.5, 0.6) is 0 Å². The van der Waals surface area contributed by atoms with Gasteiger partial charge >= 0.3 is 0 Å². The van der Waals surface area contributed by atoms with E-state index in [4.69, 9.17) is 6.42 Å². The quantitative estimate of drug-likeness (QED) is 0.562.